The molecule has 2 aromatic rings. The predicted octanol–water partition coefficient (Wildman–Crippen LogP) is 5.03. The molecule has 0 bridgehead atoms. The van der Waals surface area contributed by atoms with Gasteiger partial charge in [0, 0.05) is 5.69 Å². The van der Waals surface area contributed by atoms with Gasteiger partial charge in [-0.25, -0.2) is 13.2 Å². The zero-order valence-corrected chi connectivity index (χ0v) is 11.2. The van der Waals surface area contributed by atoms with Gasteiger partial charge in [0.05, 0.1) is 21.3 Å². The Morgan fingerprint density at radius 1 is 0.950 bits per heavy atom. The quantitative estimate of drug-likeness (QED) is 0.789. The number of halogens is 5. The second-order valence-electron chi connectivity index (χ2n) is 3.78. The summed E-state index contributed by atoms with van der Waals surface area (Å²) in [5, 5.41) is 10.6. The highest BCUT2D eigenvalue weighted by Crippen LogP contribution is 2.30. The van der Waals surface area contributed by atoms with Crippen molar-refractivity contribution in [3.8, 4) is 6.07 Å². The van der Waals surface area contributed by atoms with Crippen molar-refractivity contribution in [2.75, 3.05) is 5.32 Å². The highest BCUT2D eigenvalue weighted by atomic mass is 35.5. The molecule has 2 nitrogen and oxygen atoms in total. The molecular weight excluding hydrogens is 312 g/mol. The summed E-state index contributed by atoms with van der Waals surface area (Å²) >= 11 is 11.2. The summed E-state index contributed by atoms with van der Waals surface area (Å²) in [6, 6.07) is 6.18. The van der Waals surface area contributed by atoms with Crippen LogP contribution in [0.3, 0.4) is 0 Å². The van der Waals surface area contributed by atoms with Gasteiger partial charge in [-0.05, 0) is 24.3 Å². The van der Waals surface area contributed by atoms with Crippen molar-refractivity contribution in [2.45, 2.75) is 0 Å². The Morgan fingerprint density at radius 3 is 2.10 bits per heavy atom. The van der Waals surface area contributed by atoms with E-state index in [-0.39, 0.29) is 21.4 Å². The number of benzene rings is 2. The first-order chi connectivity index (χ1) is 9.43. The van der Waals surface area contributed by atoms with Crippen molar-refractivity contribution in [3.05, 3.63) is 57.3 Å². The fourth-order valence-electron chi connectivity index (χ4n) is 1.52. The molecule has 2 aromatic carbocycles. The molecule has 0 spiro atoms. The molecular formula is C13H5Cl2F3N2. The van der Waals surface area contributed by atoms with Gasteiger partial charge in [-0.2, -0.15) is 5.26 Å². The Bertz CT molecular complexity index is 703. The van der Waals surface area contributed by atoms with E-state index in [0.717, 1.165) is 6.07 Å². The maximum atomic E-state index is 13.7. The summed E-state index contributed by atoms with van der Waals surface area (Å²) in [6.07, 6.45) is 0. The molecule has 0 aliphatic rings. The number of hydrogen-bond acceptors (Lipinski definition) is 2. The lowest BCUT2D eigenvalue weighted by Crippen LogP contribution is -1.99. The molecule has 0 aliphatic heterocycles. The van der Waals surface area contributed by atoms with Crippen molar-refractivity contribution in [3.63, 3.8) is 0 Å². The fraction of sp³-hybridized carbons (Fsp3) is 0. The monoisotopic (exact) mass is 316 g/mol. The minimum Gasteiger partial charge on any atom is -0.353 e. The van der Waals surface area contributed by atoms with Gasteiger partial charge in [0.25, 0.3) is 0 Å². The first kappa shape index (κ1) is 14.5. The highest BCUT2D eigenvalue weighted by molar-refractivity contribution is 6.35. The van der Waals surface area contributed by atoms with E-state index >= 15 is 0 Å². The third-order valence-corrected chi connectivity index (χ3v) is 3.02. The van der Waals surface area contributed by atoms with Crippen LogP contribution in [0.15, 0.2) is 24.3 Å². The third-order valence-electron chi connectivity index (χ3n) is 2.47. The molecule has 0 amide bonds. The molecule has 0 heterocycles. The minimum atomic E-state index is -1.27. The molecule has 0 radical (unpaired) electrons. The molecule has 0 aliphatic carbocycles. The van der Waals surface area contributed by atoms with Crippen LogP contribution in [0.25, 0.3) is 0 Å². The Kier molecular flexibility index (Phi) is 4.07. The van der Waals surface area contributed by atoms with E-state index in [0.29, 0.717) is 0 Å². The standard InChI is InChI=1S/C13H5Cl2F3N2/c14-8-3-7(4-9(15)12(8)17)20-10-2-1-6(5-19)11(16)13(10)18/h1-4,20H. The molecule has 0 saturated carbocycles. The average Bonchev–Trinajstić information content (AvgIpc) is 2.41. The van der Waals surface area contributed by atoms with E-state index in [2.05, 4.69) is 5.32 Å². The van der Waals surface area contributed by atoms with E-state index < -0.39 is 23.0 Å². The topological polar surface area (TPSA) is 35.8 Å². The number of nitrogens with one attached hydrogen (secondary N) is 1. The van der Waals surface area contributed by atoms with Crippen LogP contribution < -0.4 is 5.32 Å². The average molecular weight is 317 g/mol. The Balaban J connectivity index is 2.41. The summed E-state index contributed by atoms with van der Waals surface area (Å²) in [6.45, 7) is 0. The summed E-state index contributed by atoms with van der Waals surface area (Å²) in [5.41, 5.74) is -0.451. The van der Waals surface area contributed by atoms with Crippen LogP contribution in [-0.2, 0) is 0 Å². The Hall–Kier alpha value is -1.90. The number of nitriles is 1. The molecule has 1 N–H and O–H groups in total. The second-order valence-corrected chi connectivity index (χ2v) is 4.59. The van der Waals surface area contributed by atoms with Crippen LogP contribution in [0.5, 0.6) is 0 Å². The molecule has 2 rings (SSSR count). The van der Waals surface area contributed by atoms with E-state index in [4.69, 9.17) is 28.5 Å². The molecule has 0 fully saturated rings. The normalized spacial score (nSPS) is 10.2. The lowest BCUT2D eigenvalue weighted by Gasteiger charge is -2.10. The fourth-order valence-corrected chi connectivity index (χ4v) is 2.00. The zero-order valence-electron chi connectivity index (χ0n) is 9.65. The first-order valence-electron chi connectivity index (χ1n) is 5.23. The molecule has 0 atom stereocenters. The van der Waals surface area contributed by atoms with E-state index in [1.54, 1.807) is 0 Å². The van der Waals surface area contributed by atoms with Crippen LogP contribution in [0, 0.1) is 28.8 Å². The summed E-state index contributed by atoms with van der Waals surface area (Å²) in [7, 11) is 0. The minimum absolute atomic E-state index is 0.185. The Labute approximate surface area is 122 Å². The van der Waals surface area contributed by atoms with Gasteiger partial charge in [0.2, 0.25) is 0 Å². The van der Waals surface area contributed by atoms with Crippen LogP contribution in [0.2, 0.25) is 10.0 Å². The van der Waals surface area contributed by atoms with Gasteiger partial charge in [0.15, 0.2) is 17.5 Å². The predicted molar refractivity (Wildman–Crippen MR) is 70.8 cm³/mol. The zero-order chi connectivity index (χ0) is 14.9. The third kappa shape index (κ3) is 2.67. The van der Waals surface area contributed by atoms with Gasteiger partial charge in [0.1, 0.15) is 6.07 Å². The molecule has 0 aromatic heterocycles. The van der Waals surface area contributed by atoms with Gasteiger partial charge in [-0.1, -0.05) is 23.2 Å². The van der Waals surface area contributed by atoms with Crippen LogP contribution in [0.4, 0.5) is 24.5 Å². The van der Waals surface area contributed by atoms with Crippen molar-refractivity contribution >= 4 is 34.6 Å². The molecule has 20 heavy (non-hydrogen) atoms. The van der Waals surface area contributed by atoms with Crippen molar-refractivity contribution < 1.29 is 13.2 Å². The number of nitrogens with zero attached hydrogens (tertiary/aromatic N) is 1. The summed E-state index contributed by atoms with van der Waals surface area (Å²) in [5.74, 6) is -3.29. The van der Waals surface area contributed by atoms with Crippen LogP contribution in [0.1, 0.15) is 5.56 Å². The number of anilines is 2. The molecule has 102 valence electrons. The van der Waals surface area contributed by atoms with E-state index in [9.17, 15) is 13.2 Å². The number of rotatable bonds is 2. The molecule has 0 saturated heterocycles. The van der Waals surface area contributed by atoms with Gasteiger partial charge < -0.3 is 5.32 Å². The smallest absolute Gasteiger partial charge is 0.183 e. The first-order valence-corrected chi connectivity index (χ1v) is 5.99. The lowest BCUT2D eigenvalue weighted by atomic mass is 10.2. The molecule has 7 heteroatoms. The SMILES string of the molecule is N#Cc1ccc(Nc2cc(Cl)c(F)c(Cl)c2)c(F)c1F. The van der Waals surface area contributed by atoms with Crippen molar-refractivity contribution in [2.24, 2.45) is 0 Å². The van der Waals surface area contributed by atoms with Gasteiger partial charge in [-0.3, -0.25) is 0 Å². The van der Waals surface area contributed by atoms with Crippen molar-refractivity contribution in [1.29, 1.82) is 5.26 Å². The second kappa shape index (κ2) is 5.61. The van der Waals surface area contributed by atoms with E-state index in [1.165, 1.54) is 24.3 Å². The van der Waals surface area contributed by atoms with Gasteiger partial charge >= 0.3 is 0 Å². The van der Waals surface area contributed by atoms with Crippen LogP contribution >= 0.6 is 23.2 Å². The van der Waals surface area contributed by atoms with Gasteiger partial charge in [-0.15, -0.1) is 0 Å². The number of hydrogen-bond donors (Lipinski definition) is 1. The van der Waals surface area contributed by atoms with Crippen molar-refractivity contribution in [1.82, 2.24) is 0 Å². The molecule has 0 unspecified atom stereocenters. The summed E-state index contributed by atoms with van der Waals surface area (Å²) in [4.78, 5) is 0. The lowest BCUT2D eigenvalue weighted by molar-refractivity contribution is 0.509. The largest absolute Gasteiger partial charge is 0.353 e. The van der Waals surface area contributed by atoms with E-state index in [1.807, 2.05) is 0 Å². The Morgan fingerprint density at radius 2 is 1.55 bits per heavy atom. The van der Waals surface area contributed by atoms with Crippen LogP contribution in [-0.4, -0.2) is 0 Å². The maximum Gasteiger partial charge on any atom is 0.183 e. The highest BCUT2D eigenvalue weighted by Gasteiger charge is 2.14. The summed E-state index contributed by atoms with van der Waals surface area (Å²) < 4.78 is 40.4. The maximum absolute atomic E-state index is 13.7.